The van der Waals surface area contributed by atoms with E-state index in [4.69, 9.17) is 20.2 Å². The zero-order valence-electron chi connectivity index (χ0n) is 14.0. The van der Waals surface area contributed by atoms with Crippen LogP contribution in [0.5, 0.6) is 11.5 Å². The van der Waals surface area contributed by atoms with Crippen molar-refractivity contribution in [3.05, 3.63) is 18.0 Å². The van der Waals surface area contributed by atoms with Gasteiger partial charge in [0.2, 0.25) is 0 Å². The maximum Gasteiger partial charge on any atom is 0.163 e. The molecule has 1 aliphatic heterocycles. The molecule has 0 spiro atoms. The van der Waals surface area contributed by atoms with E-state index in [2.05, 4.69) is 17.6 Å². The number of fused-ring (bicyclic) bond motifs is 2. The molecule has 0 fully saturated rings. The lowest BCUT2D eigenvalue weighted by atomic mass is 10.2. The quantitative estimate of drug-likeness (QED) is 0.759. The lowest BCUT2D eigenvalue weighted by Crippen LogP contribution is -2.15. The average molecular weight is 317 g/mol. The minimum atomic E-state index is 0.607. The summed E-state index contributed by atoms with van der Waals surface area (Å²) in [7, 11) is 0. The van der Waals surface area contributed by atoms with Gasteiger partial charge >= 0.3 is 0 Å². The first-order valence-electron chi connectivity index (χ1n) is 8.82. The normalized spacial score (nSPS) is 13.7. The highest BCUT2D eigenvalue weighted by Gasteiger charge is 2.17. The van der Waals surface area contributed by atoms with Crippen LogP contribution in [0.25, 0.3) is 11.0 Å². The van der Waals surface area contributed by atoms with E-state index in [1.54, 1.807) is 0 Å². The van der Waals surface area contributed by atoms with Gasteiger partial charge in [0.1, 0.15) is 19.0 Å². The summed E-state index contributed by atoms with van der Waals surface area (Å²) in [5.41, 5.74) is 7.83. The second-order valence-corrected chi connectivity index (χ2v) is 6.12. The third kappa shape index (κ3) is 3.61. The number of aromatic nitrogens is 2. The van der Waals surface area contributed by atoms with Gasteiger partial charge in [0.05, 0.1) is 11.0 Å². The van der Waals surface area contributed by atoms with Crippen molar-refractivity contribution in [3.8, 4) is 11.5 Å². The number of nitrogens with two attached hydrogens (primary N) is 1. The predicted octanol–water partition coefficient (Wildman–Crippen LogP) is 3.28. The number of unbranched alkanes of at least 4 members (excludes halogenated alkanes) is 3. The van der Waals surface area contributed by atoms with E-state index in [0.717, 1.165) is 47.7 Å². The Bertz CT molecular complexity index is 651. The van der Waals surface area contributed by atoms with Gasteiger partial charge in [0, 0.05) is 25.1 Å². The smallest absolute Gasteiger partial charge is 0.163 e. The molecule has 0 saturated carbocycles. The molecule has 2 aromatic rings. The maximum atomic E-state index is 5.73. The highest BCUT2D eigenvalue weighted by atomic mass is 16.6. The molecule has 23 heavy (non-hydrogen) atoms. The molecule has 2 N–H and O–H groups in total. The summed E-state index contributed by atoms with van der Waals surface area (Å²) in [5.74, 6) is 2.78. The molecule has 0 atom stereocenters. The number of hydrogen-bond acceptors (Lipinski definition) is 4. The molecule has 1 aliphatic rings. The van der Waals surface area contributed by atoms with Crippen molar-refractivity contribution < 1.29 is 9.47 Å². The van der Waals surface area contributed by atoms with E-state index < -0.39 is 0 Å². The molecule has 0 amide bonds. The van der Waals surface area contributed by atoms with E-state index in [-0.39, 0.29) is 0 Å². The zero-order chi connectivity index (χ0) is 16.1. The summed E-state index contributed by atoms with van der Waals surface area (Å²) in [6.07, 6.45) is 6.87. The Kier molecular flexibility index (Phi) is 5.39. The minimum absolute atomic E-state index is 0.607. The van der Waals surface area contributed by atoms with Crippen LogP contribution in [0, 0.1) is 0 Å². The Morgan fingerprint density at radius 1 is 1.09 bits per heavy atom. The van der Waals surface area contributed by atoms with Gasteiger partial charge in [0.25, 0.3) is 0 Å². The number of hydrogen-bond donors (Lipinski definition) is 1. The monoisotopic (exact) mass is 317 g/mol. The van der Waals surface area contributed by atoms with Gasteiger partial charge in [-0.05, 0) is 19.4 Å². The Morgan fingerprint density at radius 2 is 1.87 bits per heavy atom. The first kappa shape index (κ1) is 16.1. The van der Waals surface area contributed by atoms with Gasteiger partial charge in [-0.2, -0.15) is 0 Å². The second kappa shape index (κ2) is 7.68. The number of nitrogens with zero attached hydrogens (tertiary/aromatic N) is 2. The fraction of sp³-hybridized carbons (Fsp3) is 0.611. The summed E-state index contributed by atoms with van der Waals surface area (Å²) < 4.78 is 13.8. The van der Waals surface area contributed by atoms with Gasteiger partial charge in [-0.15, -0.1) is 0 Å². The number of benzene rings is 1. The molecule has 0 unspecified atom stereocenters. The zero-order valence-corrected chi connectivity index (χ0v) is 14.0. The molecule has 1 aromatic carbocycles. The summed E-state index contributed by atoms with van der Waals surface area (Å²) in [4.78, 5) is 4.83. The summed E-state index contributed by atoms with van der Waals surface area (Å²) >= 11 is 0. The molecule has 0 aliphatic carbocycles. The van der Waals surface area contributed by atoms with Crippen LogP contribution >= 0.6 is 0 Å². The van der Waals surface area contributed by atoms with E-state index in [9.17, 15) is 0 Å². The van der Waals surface area contributed by atoms with E-state index >= 15 is 0 Å². The SMILES string of the molecule is CCCCCCn1c(CCCN)nc2cc3c(cc21)OCCO3. The molecular formula is C18H27N3O2. The Morgan fingerprint density at radius 3 is 2.61 bits per heavy atom. The number of imidazole rings is 1. The Balaban J connectivity index is 1.91. The Labute approximate surface area is 137 Å². The van der Waals surface area contributed by atoms with Crippen LogP contribution < -0.4 is 15.2 Å². The topological polar surface area (TPSA) is 62.3 Å². The van der Waals surface area contributed by atoms with Crippen molar-refractivity contribution in [2.24, 2.45) is 5.73 Å². The molecule has 0 bridgehead atoms. The van der Waals surface area contributed by atoms with Crippen molar-refractivity contribution in [1.29, 1.82) is 0 Å². The molecule has 5 heteroatoms. The maximum absolute atomic E-state index is 5.73. The van der Waals surface area contributed by atoms with Crippen molar-refractivity contribution in [3.63, 3.8) is 0 Å². The van der Waals surface area contributed by atoms with Gasteiger partial charge in [-0.1, -0.05) is 26.2 Å². The van der Waals surface area contributed by atoms with Gasteiger partial charge in [-0.3, -0.25) is 0 Å². The van der Waals surface area contributed by atoms with Crippen LogP contribution in [-0.2, 0) is 13.0 Å². The molecule has 1 aromatic heterocycles. The third-order valence-corrected chi connectivity index (χ3v) is 4.33. The van der Waals surface area contributed by atoms with Gasteiger partial charge in [-0.25, -0.2) is 4.98 Å². The van der Waals surface area contributed by atoms with Crippen molar-refractivity contribution in [2.45, 2.75) is 52.0 Å². The van der Waals surface area contributed by atoms with Crippen molar-refractivity contribution in [1.82, 2.24) is 9.55 Å². The summed E-state index contributed by atoms with van der Waals surface area (Å²) in [6, 6.07) is 4.10. The molecular weight excluding hydrogens is 290 g/mol. The van der Waals surface area contributed by atoms with Crippen LogP contribution in [0.1, 0.15) is 44.9 Å². The van der Waals surface area contributed by atoms with Gasteiger partial charge in [0.15, 0.2) is 11.5 Å². The number of rotatable bonds is 8. The van der Waals surface area contributed by atoms with E-state index in [0.29, 0.717) is 19.8 Å². The van der Waals surface area contributed by atoms with Crippen molar-refractivity contribution in [2.75, 3.05) is 19.8 Å². The standard InChI is InChI=1S/C18H27N3O2/c1-2-3-4-5-9-21-15-13-17-16(22-10-11-23-17)12-14(15)20-18(21)7-6-8-19/h12-13H,2-11,19H2,1H3. The lowest BCUT2D eigenvalue weighted by Gasteiger charge is -2.18. The second-order valence-electron chi connectivity index (χ2n) is 6.12. The molecule has 2 heterocycles. The molecule has 5 nitrogen and oxygen atoms in total. The van der Waals surface area contributed by atoms with Crippen LogP contribution in [-0.4, -0.2) is 29.3 Å². The molecule has 3 rings (SSSR count). The molecule has 0 radical (unpaired) electrons. The fourth-order valence-electron chi connectivity index (χ4n) is 3.11. The summed E-state index contributed by atoms with van der Waals surface area (Å²) in [6.45, 7) is 5.17. The molecule has 126 valence electrons. The largest absolute Gasteiger partial charge is 0.486 e. The van der Waals surface area contributed by atoms with Crippen LogP contribution in [0.15, 0.2) is 12.1 Å². The van der Waals surface area contributed by atoms with E-state index in [1.165, 1.54) is 25.7 Å². The minimum Gasteiger partial charge on any atom is -0.486 e. The predicted molar refractivity (Wildman–Crippen MR) is 92.2 cm³/mol. The third-order valence-electron chi connectivity index (χ3n) is 4.33. The van der Waals surface area contributed by atoms with E-state index in [1.807, 2.05) is 6.07 Å². The lowest BCUT2D eigenvalue weighted by molar-refractivity contribution is 0.172. The highest BCUT2D eigenvalue weighted by Crippen LogP contribution is 2.35. The van der Waals surface area contributed by atoms with Gasteiger partial charge < -0.3 is 19.8 Å². The highest BCUT2D eigenvalue weighted by molar-refractivity contribution is 5.80. The first-order chi connectivity index (χ1) is 11.3. The fourth-order valence-corrected chi connectivity index (χ4v) is 3.11. The summed E-state index contributed by atoms with van der Waals surface area (Å²) in [5, 5.41) is 0. The average Bonchev–Trinajstić information content (AvgIpc) is 2.91. The number of aryl methyl sites for hydroxylation is 2. The van der Waals surface area contributed by atoms with Crippen LogP contribution in [0.2, 0.25) is 0 Å². The number of ether oxygens (including phenoxy) is 2. The first-order valence-corrected chi connectivity index (χ1v) is 8.82. The van der Waals surface area contributed by atoms with Crippen molar-refractivity contribution >= 4 is 11.0 Å². The van der Waals surface area contributed by atoms with Crippen LogP contribution in [0.4, 0.5) is 0 Å². The van der Waals surface area contributed by atoms with Crippen LogP contribution in [0.3, 0.4) is 0 Å². The Hall–Kier alpha value is -1.75. The molecule has 0 saturated heterocycles.